The quantitative estimate of drug-likeness (QED) is 0.322. The molecule has 1 fully saturated rings. The van der Waals surface area contributed by atoms with Crippen molar-refractivity contribution in [1.29, 1.82) is 0 Å². The molecule has 0 unspecified atom stereocenters. The number of anilines is 1. The Morgan fingerprint density at radius 1 is 0.972 bits per heavy atom. The molecule has 4 aromatic rings. The van der Waals surface area contributed by atoms with Gasteiger partial charge in [-0.25, -0.2) is 8.78 Å². The number of carbonyl (C=O) groups is 1. The molecule has 0 saturated carbocycles. The topological polar surface area (TPSA) is 65.5 Å². The summed E-state index contributed by atoms with van der Waals surface area (Å²) < 4.78 is 31.4. The average molecular weight is 506 g/mol. The lowest BCUT2D eigenvalue weighted by molar-refractivity contribution is -0.0173. The Hall–Kier alpha value is -3.49. The fraction of sp³-hybridized carbons (Fsp3) is 0.214. The Kier molecular flexibility index (Phi) is 6.89. The number of rotatable bonds is 6. The summed E-state index contributed by atoms with van der Waals surface area (Å²) in [5.74, 6) is -1.46. The van der Waals surface area contributed by atoms with Crippen LogP contribution >= 0.6 is 11.9 Å². The number of piperidine rings is 1. The molecule has 2 N–H and O–H groups in total. The minimum absolute atomic E-state index is 0.111. The number of aliphatic hydroxyl groups is 1. The van der Waals surface area contributed by atoms with Crippen molar-refractivity contribution in [3.8, 4) is 0 Å². The molecule has 36 heavy (non-hydrogen) atoms. The van der Waals surface area contributed by atoms with Gasteiger partial charge in [-0.3, -0.25) is 9.78 Å². The van der Waals surface area contributed by atoms with Crippen molar-refractivity contribution >= 4 is 34.4 Å². The van der Waals surface area contributed by atoms with Gasteiger partial charge in [0.2, 0.25) is 0 Å². The molecule has 1 amide bonds. The van der Waals surface area contributed by atoms with E-state index in [4.69, 9.17) is 0 Å². The molecule has 184 valence electrons. The molecule has 0 atom stereocenters. The number of amides is 1. The van der Waals surface area contributed by atoms with E-state index in [-0.39, 0.29) is 30.7 Å². The SMILES string of the molecule is O=C(c1ccc(NSc2cccc3cccnc23)cc1)N1CCC(O)(Cc2c(F)cccc2F)CC1. The third kappa shape index (κ3) is 5.20. The van der Waals surface area contributed by atoms with Crippen LogP contribution in [0.5, 0.6) is 0 Å². The summed E-state index contributed by atoms with van der Waals surface area (Å²) in [6, 6.07) is 20.9. The van der Waals surface area contributed by atoms with Gasteiger partial charge >= 0.3 is 0 Å². The van der Waals surface area contributed by atoms with Crippen molar-refractivity contribution in [3.63, 3.8) is 0 Å². The molecule has 1 aliphatic heterocycles. The zero-order valence-corrected chi connectivity index (χ0v) is 20.3. The molecule has 5 rings (SSSR count). The minimum atomic E-state index is -1.25. The van der Waals surface area contributed by atoms with Crippen molar-refractivity contribution in [2.24, 2.45) is 0 Å². The van der Waals surface area contributed by atoms with Gasteiger partial charge in [-0.2, -0.15) is 0 Å². The number of nitrogens with one attached hydrogen (secondary N) is 1. The second-order valence-corrected chi connectivity index (χ2v) is 9.85. The zero-order valence-electron chi connectivity index (χ0n) is 19.5. The van der Waals surface area contributed by atoms with Gasteiger partial charge < -0.3 is 14.7 Å². The molecule has 1 aliphatic rings. The first kappa shape index (κ1) is 24.2. The smallest absolute Gasteiger partial charge is 0.253 e. The van der Waals surface area contributed by atoms with Crippen LogP contribution in [0.25, 0.3) is 10.9 Å². The molecule has 1 aromatic heterocycles. The molecule has 2 heterocycles. The predicted octanol–water partition coefficient (Wildman–Crippen LogP) is 5.84. The normalized spacial score (nSPS) is 15.1. The van der Waals surface area contributed by atoms with E-state index >= 15 is 0 Å². The third-order valence-corrected chi connectivity index (χ3v) is 7.44. The van der Waals surface area contributed by atoms with E-state index in [0.29, 0.717) is 18.7 Å². The van der Waals surface area contributed by atoms with Crippen LogP contribution in [0.15, 0.2) is 83.9 Å². The highest BCUT2D eigenvalue weighted by Gasteiger charge is 2.35. The molecule has 3 aromatic carbocycles. The second kappa shape index (κ2) is 10.2. The lowest BCUT2D eigenvalue weighted by Crippen LogP contribution is -2.48. The maximum Gasteiger partial charge on any atom is 0.253 e. The average Bonchev–Trinajstić information content (AvgIpc) is 2.90. The summed E-state index contributed by atoms with van der Waals surface area (Å²) in [6.07, 6.45) is 2.16. The van der Waals surface area contributed by atoms with Crippen molar-refractivity contribution in [2.45, 2.75) is 29.8 Å². The molecule has 0 bridgehead atoms. The Labute approximate surface area is 212 Å². The lowest BCUT2D eigenvalue weighted by Gasteiger charge is -2.38. The number of nitrogens with zero attached hydrogens (tertiary/aromatic N) is 2. The number of hydrogen-bond donors (Lipinski definition) is 2. The van der Waals surface area contributed by atoms with Crippen molar-refractivity contribution in [3.05, 3.63) is 102 Å². The van der Waals surface area contributed by atoms with Gasteiger partial charge in [-0.1, -0.05) is 24.3 Å². The number of fused-ring (bicyclic) bond motifs is 1. The number of pyridine rings is 1. The first-order valence-corrected chi connectivity index (χ1v) is 12.5. The lowest BCUT2D eigenvalue weighted by atomic mass is 9.85. The van der Waals surface area contributed by atoms with Crippen LogP contribution in [-0.4, -0.2) is 39.6 Å². The number of benzene rings is 3. The summed E-state index contributed by atoms with van der Waals surface area (Å²) in [6.45, 7) is 0.630. The second-order valence-electron chi connectivity index (χ2n) is 9.01. The number of para-hydroxylation sites is 1. The standard InChI is InChI=1S/C28H25F2N3O2S/c29-23-6-2-7-24(30)22(23)18-28(35)13-16-33(17-14-28)27(34)20-9-11-21(12-10-20)32-36-25-8-1-4-19-5-3-15-31-26(19)25/h1-12,15,32,35H,13-14,16-18H2. The molecule has 0 aliphatic carbocycles. The molecular weight excluding hydrogens is 480 g/mol. The Balaban J connectivity index is 1.18. The van der Waals surface area contributed by atoms with Gasteiger partial charge in [0.1, 0.15) is 11.6 Å². The summed E-state index contributed by atoms with van der Waals surface area (Å²) in [7, 11) is 0. The van der Waals surface area contributed by atoms with E-state index in [1.54, 1.807) is 23.2 Å². The van der Waals surface area contributed by atoms with E-state index in [9.17, 15) is 18.7 Å². The van der Waals surface area contributed by atoms with Gasteiger partial charge in [0, 0.05) is 47.9 Å². The Morgan fingerprint density at radius 2 is 1.64 bits per heavy atom. The largest absolute Gasteiger partial charge is 0.389 e. The molecule has 5 nitrogen and oxygen atoms in total. The Morgan fingerprint density at radius 3 is 2.36 bits per heavy atom. The zero-order chi connectivity index (χ0) is 25.1. The number of hydrogen-bond acceptors (Lipinski definition) is 5. The maximum atomic E-state index is 14.0. The highest BCUT2D eigenvalue weighted by Crippen LogP contribution is 2.30. The molecular formula is C28H25F2N3O2S. The van der Waals surface area contributed by atoms with Crippen LogP contribution in [0.2, 0.25) is 0 Å². The summed E-state index contributed by atoms with van der Waals surface area (Å²) >= 11 is 1.46. The van der Waals surface area contributed by atoms with E-state index in [2.05, 4.69) is 9.71 Å². The van der Waals surface area contributed by atoms with E-state index in [1.165, 1.54) is 30.1 Å². The van der Waals surface area contributed by atoms with Gasteiger partial charge in [0.15, 0.2) is 0 Å². The van der Waals surface area contributed by atoms with E-state index in [0.717, 1.165) is 21.5 Å². The van der Waals surface area contributed by atoms with Gasteiger partial charge in [-0.05, 0) is 73.3 Å². The van der Waals surface area contributed by atoms with Crippen molar-refractivity contribution in [2.75, 3.05) is 17.8 Å². The van der Waals surface area contributed by atoms with Gasteiger partial charge in [0.05, 0.1) is 16.0 Å². The van der Waals surface area contributed by atoms with Crippen LogP contribution in [-0.2, 0) is 6.42 Å². The highest BCUT2D eigenvalue weighted by molar-refractivity contribution is 8.00. The van der Waals surface area contributed by atoms with E-state index in [1.807, 2.05) is 42.5 Å². The summed E-state index contributed by atoms with van der Waals surface area (Å²) in [4.78, 5) is 20.1. The van der Waals surface area contributed by atoms with Gasteiger partial charge in [0.25, 0.3) is 5.91 Å². The number of aromatic nitrogens is 1. The van der Waals surface area contributed by atoms with Crippen LogP contribution in [0.1, 0.15) is 28.8 Å². The monoisotopic (exact) mass is 505 g/mol. The number of carbonyl (C=O) groups excluding carboxylic acids is 1. The number of likely N-dealkylation sites (tertiary alicyclic amines) is 1. The fourth-order valence-corrected chi connectivity index (χ4v) is 5.25. The van der Waals surface area contributed by atoms with E-state index < -0.39 is 17.2 Å². The molecule has 0 radical (unpaired) electrons. The summed E-state index contributed by atoms with van der Waals surface area (Å²) in [5, 5.41) is 12.0. The first-order valence-electron chi connectivity index (χ1n) is 11.7. The van der Waals surface area contributed by atoms with Gasteiger partial charge in [-0.15, -0.1) is 0 Å². The maximum absolute atomic E-state index is 14.0. The van der Waals surface area contributed by atoms with Crippen LogP contribution < -0.4 is 4.72 Å². The van der Waals surface area contributed by atoms with Crippen molar-refractivity contribution < 1.29 is 18.7 Å². The molecule has 8 heteroatoms. The number of halogens is 2. The first-order chi connectivity index (χ1) is 17.4. The van der Waals surface area contributed by atoms with Crippen LogP contribution in [0, 0.1) is 11.6 Å². The predicted molar refractivity (Wildman–Crippen MR) is 138 cm³/mol. The third-order valence-electron chi connectivity index (χ3n) is 6.56. The molecule has 1 saturated heterocycles. The van der Waals surface area contributed by atoms with Crippen LogP contribution in [0.4, 0.5) is 14.5 Å². The Bertz CT molecular complexity index is 1360. The van der Waals surface area contributed by atoms with Crippen molar-refractivity contribution in [1.82, 2.24) is 9.88 Å². The summed E-state index contributed by atoms with van der Waals surface area (Å²) in [5.41, 5.74) is 0.959. The van der Waals surface area contributed by atoms with Crippen LogP contribution in [0.3, 0.4) is 0 Å². The minimum Gasteiger partial charge on any atom is -0.389 e. The fourth-order valence-electron chi connectivity index (χ4n) is 4.47. The highest BCUT2D eigenvalue weighted by atomic mass is 32.2. The molecule has 0 spiro atoms.